The molecule has 1 atom stereocenters. The molecule has 1 rings (SSSR count). The highest BCUT2D eigenvalue weighted by Gasteiger charge is 2.28. The predicted molar refractivity (Wildman–Crippen MR) is 96.7 cm³/mol. The highest BCUT2D eigenvalue weighted by Crippen LogP contribution is 2.28. The Morgan fingerprint density at radius 1 is 1.22 bits per heavy atom. The van der Waals surface area contributed by atoms with E-state index in [1.165, 1.54) is 6.42 Å². The van der Waals surface area contributed by atoms with Crippen LogP contribution in [-0.4, -0.2) is 62.6 Å². The Labute approximate surface area is 141 Å². The molecule has 6 heteroatoms. The summed E-state index contributed by atoms with van der Waals surface area (Å²) in [5, 5.41) is 9.60. The van der Waals surface area contributed by atoms with E-state index in [9.17, 15) is 4.79 Å². The molecule has 0 radical (unpaired) electrons. The summed E-state index contributed by atoms with van der Waals surface area (Å²) in [6.07, 6.45) is 4.40. The van der Waals surface area contributed by atoms with Gasteiger partial charge in [-0.15, -0.1) is 0 Å². The third-order valence-electron chi connectivity index (χ3n) is 4.28. The number of guanidine groups is 1. The minimum Gasteiger partial charge on any atom is -0.355 e. The zero-order valence-corrected chi connectivity index (χ0v) is 15.3. The third kappa shape index (κ3) is 8.79. The van der Waals surface area contributed by atoms with Crippen molar-refractivity contribution in [3.63, 3.8) is 0 Å². The molecule has 6 nitrogen and oxygen atoms in total. The van der Waals surface area contributed by atoms with E-state index in [0.29, 0.717) is 19.1 Å². The number of hydrogen-bond donors (Lipinski definition) is 3. The van der Waals surface area contributed by atoms with E-state index in [2.05, 4.69) is 46.6 Å². The van der Waals surface area contributed by atoms with Gasteiger partial charge >= 0.3 is 0 Å². The number of rotatable bonds is 11. The molecule has 23 heavy (non-hydrogen) atoms. The van der Waals surface area contributed by atoms with E-state index in [1.807, 2.05) is 0 Å². The number of nitrogens with one attached hydrogen (secondary N) is 3. The largest absolute Gasteiger partial charge is 0.355 e. The van der Waals surface area contributed by atoms with Crippen LogP contribution in [-0.2, 0) is 4.79 Å². The Balaban J connectivity index is 2.10. The average Bonchev–Trinajstić information content (AvgIpc) is 3.39. The van der Waals surface area contributed by atoms with Crippen LogP contribution < -0.4 is 16.0 Å². The van der Waals surface area contributed by atoms with Crippen molar-refractivity contribution >= 4 is 11.9 Å². The highest BCUT2D eigenvalue weighted by molar-refractivity contribution is 5.81. The second kappa shape index (κ2) is 11.3. The van der Waals surface area contributed by atoms with E-state index < -0.39 is 0 Å². The van der Waals surface area contributed by atoms with Crippen LogP contribution in [0.4, 0.5) is 0 Å². The molecule has 0 spiro atoms. The Hall–Kier alpha value is -1.30. The summed E-state index contributed by atoms with van der Waals surface area (Å²) in [5.74, 6) is 1.28. The molecule has 1 aliphatic carbocycles. The third-order valence-corrected chi connectivity index (χ3v) is 4.28. The molecular weight excluding hydrogens is 290 g/mol. The summed E-state index contributed by atoms with van der Waals surface area (Å²) >= 11 is 0. The summed E-state index contributed by atoms with van der Waals surface area (Å²) < 4.78 is 0. The van der Waals surface area contributed by atoms with Gasteiger partial charge < -0.3 is 20.9 Å². The lowest BCUT2D eigenvalue weighted by Crippen LogP contribution is -2.45. The van der Waals surface area contributed by atoms with Gasteiger partial charge in [-0.1, -0.05) is 13.8 Å². The molecular formula is C17H35N5O. The number of hydrogen-bond acceptors (Lipinski definition) is 3. The molecule has 134 valence electrons. The van der Waals surface area contributed by atoms with Crippen molar-refractivity contribution < 1.29 is 4.79 Å². The smallest absolute Gasteiger partial charge is 0.223 e. The fourth-order valence-electron chi connectivity index (χ4n) is 2.52. The molecule has 0 saturated heterocycles. The standard InChI is InChI=1S/C17H35N5O/c1-5-22(6-2)13-7-8-14(3)21-17(18-4)20-12-11-19-16(23)15-9-10-15/h14-15H,5-13H2,1-4H3,(H,19,23)(H2,18,20,21). The van der Waals surface area contributed by atoms with Crippen LogP contribution >= 0.6 is 0 Å². The number of carbonyl (C=O) groups excluding carboxylic acids is 1. The maximum atomic E-state index is 11.5. The molecule has 3 N–H and O–H groups in total. The molecule has 1 aliphatic rings. The Bertz CT molecular complexity index is 364. The van der Waals surface area contributed by atoms with E-state index in [4.69, 9.17) is 0 Å². The minimum absolute atomic E-state index is 0.194. The first-order chi connectivity index (χ1) is 11.1. The van der Waals surface area contributed by atoms with Gasteiger partial charge in [0.25, 0.3) is 0 Å². The lowest BCUT2D eigenvalue weighted by molar-refractivity contribution is -0.122. The molecule has 0 aliphatic heterocycles. The van der Waals surface area contributed by atoms with Gasteiger partial charge in [-0.2, -0.15) is 0 Å². The summed E-state index contributed by atoms with van der Waals surface area (Å²) in [6, 6.07) is 0.387. The van der Waals surface area contributed by atoms with Crippen LogP contribution in [0.15, 0.2) is 4.99 Å². The monoisotopic (exact) mass is 325 g/mol. The van der Waals surface area contributed by atoms with Crippen molar-refractivity contribution in [3.05, 3.63) is 0 Å². The van der Waals surface area contributed by atoms with Crippen molar-refractivity contribution in [2.24, 2.45) is 10.9 Å². The minimum atomic E-state index is 0.194. The molecule has 0 aromatic rings. The fourth-order valence-corrected chi connectivity index (χ4v) is 2.52. The van der Waals surface area contributed by atoms with E-state index in [0.717, 1.165) is 44.9 Å². The maximum absolute atomic E-state index is 11.5. The van der Waals surface area contributed by atoms with Crippen LogP contribution in [0.5, 0.6) is 0 Å². The molecule has 0 aromatic heterocycles. The Kier molecular flexibility index (Phi) is 9.67. The number of nitrogens with zero attached hydrogens (tertiary/aromatic N) is 2. The summed E-state index contributed by atoms with van der Waals surface area (Å²) in [4.78, 5) is 18.2. The van der Waals surface area contributed by atoms with E-state index >= 15 is 0 Å². The first kappa shape index (κ1) is 19.7. The van der Waals surface area contributed by atoms with Gasteiger partial charge in [0.15, 0.2) is 5.96 Å². The van der Waals surface area contributed by atoms with Crippen LogP contribution in [0, 0.1) is 5.92 Å². The molecule has 1 amide bonds. The highest BCUT2D eigenvalue weighted by atomic mass is 16.2. The van der Waals surface area contributed by atoms with Crippen molar-refractivity contribution in [2.45, 2.75) is 52.5 Å². The number of carbonyl (C=O) groups is 1. The second-order valence-corrected chi connectivity index (χ2v) is 6.28. The van der Waals surface area contributed by atoms with E-state index in [1.54, 1.807) is 7.05 Å². The van der Waals surface area contributed by atoms with Crippen molar-refractivity contribution in [3.8, 4) is 0 Å². The lowest BCUT2D eigenvalue weighted by Gasteiger charge is -2.21. The first-order valence-corrected chi connectivity index (χ1v) is 9.07. The van der Waals surface area contributed by atoms with Gasteiger partial charge in [0.1, 0.15) is 0 Å². The van der Waals surface area contributed by atoms with Crippen molar-refractivity contribution in [1.82, 2.24) is 20.9 Å². The van der Waals surface area contributed by atoms with Crippen LogP contribution in [0.1, 0.15) is 46.5 Å². The number of aliphatic imine (C=N–C) groups is 1. The van der Waals surface area contributed by atoms with Gasteiger partial charge in [-0.3, -0.25) is 9.79 Å². The topological polar surface area (TPSA) is 68.8 Å². The van der Waals surface area contributed by atoms with Gasteiger partial charge in [-0.05, 0) is 52.2 Å². The fraction of sp³-hybridized carbons (Fsp3) is 0.882. The summed E-state index contributed by atoms with van der Waals surface area (Å²) in [5.41, 5.74) is 0. The van der Waals surface area contributed by atoms with Crippen LogP contribution in [0.3, 0.4) is 0 Å². The average molecular weight is 326 g/mol. The SMILES string of the molecule is CCN(CC)CCCC(C)NC(=NC)NCCNC(=O)C1CC1. The van der Waals surface area contributed by atoms with Crippen LogP contribution in [0.25, 0.3) is 0 Å². The maximum Gasteiger partial charge on any atom is 0.223 e. The van der Waals surface area contributed by atoms with Gasteiger partial charge in [-0.25, -0.2) is 0 Å². The lowest BCUT2D eigenvalue weighted by atomic mass is 10.2. The molecule has 0 aromatic carbocycles. The molecule has 1 fully saturated rings. The summed E-state index contributed by atoms with van der Waals surface area (Å²) in [6.45, 7) is 11.3. The Morgan fingerprint density at radius 2 is 1.87 bits per heavy atom. The van der Waals surface area contributed by atoms with Gasteiger partial charge in [0.2, 0.25) is 5.91 Å². The van der Waals surface area contributed by atoms with Crippen molar-refractivity contribution in [1.29, 1.82) is 0 Å². The summed E-state index contributed by atoms with van der Waals surface area (Å²) in [7, 11) is 1.78. The number of amides is 1. The second-order valence-electron chi connectivity index (χ2n) is 6.28. The van der Waals surface area contributed by atoms with E-state index in [-0.39, 0.29) is 11.8 Å². The molecule has 1 saturated carbocycles. The zero-order chi connectivity index (χ0) is 17.1. The van der Waals surface area contributed by atoms with Crippen LogP contribution in [0.2, 0.25) is 0 Å². The molecule has 1 unspecified atom stereocenters. The normalized spacial score (nSPS) is 16.3. The van der Waals surface area contributed by atoms with Gasteiger partial charge in [0.05, 0.1) is 0 Å². The van der Waals surface area contributed by atoms with Gasteiger partial charge in [0, 0.05) is 32.1 Å². The quantitative estimate of drug-likeness (QED) is 0.303. The van der Waals surface area contributed by atoms with Crippen molar-refractivity contribution in [2.75, 3.05) is 39.8 Å². The Morgan fingerprint density at radius 3 is 2.43 bits per heavy atom. The predicted octanol–water partition coefficient (Wildman–Crippen LogP) is 1.19. The molecule has 0 heterocycles. The first-order valence-electron chi connectivity index (χ1n) is 9.07. The zero-order valence-electron chi connectivity index (χ0n) is 15.3. The molecule has 0 bridgehead atoms.